The third-order valence-corrected chi connectivity index (χ3v) is 6.72. The van der Waals surface area contributed by atoms with Gasteiger partial charge < -0.3 is 9.64 Å². The molecule has 1 saturated carbocycles. The first-order valence-corrected chi connectivity index (χ1v) is 11.0. The van der Waals surface area contributed by atoms with Gasteiger partial charge in [0.1, 0.15) is 16.8 Å². The van der Waals surface area contributed by atoms with Crippen LogP contribution in [0.25, 0.3) is 10.6 Å². The fourth-order valence-corrected chi connectivity index (χ4v) is 5.15. The van der Waals surface area contributed by atoms with E-state index in [1.54, 1.807) is 17.3 Å². The van der Waals surface area contributed by atoms with Gasteiger partial charge in [-0.15, -0.1) is 11.3 Å². The van der Waals surface area contributed by atoms with Crippen LogP contribution in [0.15, 0.2) is 42.2 Å². The van der Waals surface area contributed by atoms with Gasteiger partial charge in [-0.2, -0.15) is 13.2 Å². The molecule has 5 rings (SSSR count). The minimum absolute atomic E-state index is 0.125. The van der Waals surface area contributed by atoms with Crippen molar-refractivity contribution in [3.8, 4) is 16.5 Å². The largest absolute Gasteiger partial charge is 0.472 e. The molecule has 1 aliphatic heterocycles. The zero-order chi connectivity index (χ0) is 22.5. The number of halogens is 3. The molecule has 0 spiro atoms. The topological polar surface area (TPSA) is 68.2 Å². The molecule has 2 bridgehead atoms. The fraction of sp³-hybridized carbons (Fsp3) is 0.364. The molecular weight excluding hydrogens is 441 g/mol. The Balaban J connectivity index is 1.36. The summed E-state index contributed by atoms with van der Waals surface area (Å²) < 4.78 is 44.2. The molecule has 3 atom stereocenters. The second-order valence-electron chi connectivity index (χ2n) is 8.15. The summed E-state index contributed by atoms with van der Waals surface area (Å²) in [6, 6.07) is 3.91. The number of hydrogen-bond donors (Lipinski definition) is 0. The lowest BCUT2D eigenvalue weighted by Crippen LogP contribution is -2.47. The van der Waals surface area contributed by atoms with Crippen LogP contribution < -0.4 is 4.74 Å². The molecule has 0 radical (unpaired) electrons. The van der Waals surface area contributed by atoms with Gasteiger partial charge in [0, 0.05) is 42.1 Å². The summed E-state index contributed by atoms with van der Waals surface area (Å²) in [7, 11) is 0. The number of nitrogens with zero attached hydrogens (tertiary/aromatic N) is 4. The van der Waals surface area contributed by atoms with Crippen LogP contribution in [0.4, 0.5) is 13.2 Å². The van der Waals surface area contributed by atoms with Crippen molar-refractivity contribution in [2.24, 2.45) is 5.92 Å². The molecule has 0 N–H and O–H groups in total. The Labute approximate surface area is 186 Å². The number of hydrogen-bond acceptors (Lipinski definition) is 6. The third kappa shape index (κ3) is 3.83. The highest BCUT2D eigenvalue weighted by atomic mass is 32.1. The van der Waals surface area contributed by atoms with E-state index in [1.807, 2.05) is 18.4 Å². The van der Waals surface area contributed by atoms with Crippen molar-refractivity contribution in [3.63, 3.8) is 0 Å². The molecule has 1 aliphatic carbocycles. The van der Waals surface area contributed by atoms with Crippen molar-refractivity contribution >= 4 is 17.2 Å². The minimum Gasteiger partial charge on any atom is -0.472 e. The number of likely N-dealkylation sites (tertiary alicyclic amines) is 1. The van der Waals surface area contributed by atoms with Crippen LogP contribution in [0.1, 0.15) is 34.5 Å². The van der Waals surface area contributed by atoms with Crippen LogP contribution in [0.2, 0.25) is 0 Å². The van der Waals surface area contributed by atoms with Gasteiger partial charge >= 0.3 is 6.18 Å². The predicted octanol–water partition coefficient (Wildman–Crippen LogP) is 4.61. The summed E-state index contributed by atoms with van der Waals surface area (Å²) in [6.07, 6.45) is 0.872. The van der Waals surface area contributed by atoms with Gasteiger partial charge in [-0.05, 0) is 43.4 Å². The van der Waals surface area contributed by atoms with Crippen LogP contribution in [0, 0.1) is 12.8 Å². The SMILES string of the molecule is Cc1cnc(C(=O)N2CC3CC(Oc4ccc(C(F)(F)F)cn4)C2C3)c(-c2nccs2)c1. The normalized spacial score (nSPS) is 22.4. The molecule has 2 fully saturated rings. The Morgan fingerprint density at radius 1 is 1.19 bits per heavy atom. The Morgan fingerprint density at radius 2 is 2.03 bits per heavy atom. The number of carbonyl (C=O) groups excluding carboxylic acids is 1. The highest BCUT2D eigenvalue weighted by Gasteiger charge is 2.49. The molecule has 0 aromatic carbocycles. The molecule has 6 nitrogen and oxygen atoms in total. The number of thiazole rings is 1. The number of fused-ring (bicyclic) bond motifs is 2. The van der Waals surface area contributed by atoms with Gasteiger partial charge in [0.2, 0.25) is 5.88 Å². The smallest absolute Gasteiger partial charge is 0.417 e. The molecule has 10 heteroatoms. The first-order valence-electron chi connectivity index (χ1n) is 10.2. The summed E-state index contributed by atoms with van der Waals surface area (Å²) >= 11 is 1.44. The molecule has 32 heavy (non-hydrogen) atoms. The highest BCUT2D eigenvalue weighted by Crippen LogP contribution is 2.41. The lowest BCUT2D eigenvalue weighted by Gasteiger charge is -2.33. The lowest BCUT2D eigenvalue weighted by molar-refractivity contribution is -0.137. The highest BCUT2D eigenvalue weighted by molar-refractivity contribution is 7.13. The zero-order valence-corrected chi connectivity index (χ0v) is 17.9. The van der Waals surface area contributed by atoms with Crippen LogP contribution in [0.5, 0.6) is 5.88 Å². The van der Waals surface area contributed by atoms with Gasteiger partial charge in [-0.25, -0.2) is 9.97 Å². The van der Waals surface area contributed by atoms with Crippen molar-refractivity contribution < 1.29 is 22.7 Å². The van der Waals surface area contributed by atoms with Gasteiger partial charge in [-0.1, -0.05) is 0 Å². The maximum absolute atomic E-state index is 13.5. The van der Waals surface area contributed by atoms with Crippen LogP contribution in [-0.2, 0) is 6.18 Å². The molecule has 2 aliphatic rings. The van der Waals surface area contributed by atoms with Crippen LogP contribution in [0.3, 0.4) is 0 Å². The average molecular weight is 460 g/mol. The Morgan fingerprint density at radius 3 is 2.69 bits per heavy atom. The van der Waals surface area contributed by atoms with Crippen molar-refractivity contribution in [1.29, 1.82) is 0 Å². The number of alkyl halides is 3. The number of piperidine rings is 1. The van der Waals surface area contributed by atoms with E-state index in [1.165, 1.54) is 17.4 Å². The first kappa shape index (κ1) is 20.9. The second-order valence-corrected chi connectivity index (χ2v) is 9.04. The Bertz CT molecular complexity index is 1140. The predicted molar refractivity (Wildman–Crippen MR) is 111 cm³/mol. The zero-order valence-electron chi connectivity index (χ0n) is 17.0. The van der Waals surface area contributed by atoms with E-state index in [-0.39, 0.29) is 29.9 Å². The maximum atomic E-state index is 13.5. The summed E-state index contributed by atoms with van der Waals surface area (Å²) in [5.41, 5.74) is 1.16. The average Bonchev–Trinajstić information content (AvgIpc) is 3.50. The maximum Gasteiger partial charge on any atom is 0.417 e. The lowest BCUT2D eigenvalue weighted by atomic mass is 10.1. The summed E-state index contributed by atoms with van der Waals surface area (Å²) in [6.45, 7) is 2.52. The molecule has 3 aromatic rings. The van der Waals surface area contributed by atoms with E-state index in [9.17, 15) is 18.0 Å². The number of pyridine rings is 2. The molecule has 3 aromatic heterocycles. The van der Waals surface area contributed by atoms with Crippen molar-refractivity contribution in [2.75, 3.05) is 6.54 Å². The number of rotatable bonds is 4. The molecule has 166 valence electrons. The number of aryl methyl sites for hydroxylation is 1. The van der Waals surface area contributed by atoms with Gasteiger partial charge in [0.15, 0.2) is 0 Å². The molecule has 3 unspecified atom stereocenters. The number of aromatic nitrogens is 3. The minimum atomic E-state index is -4.45. The second kappa shape index (κ2) is 7.84. The van der Waals surface area contributed by atoms with E-state index in [2.05, 4.69) is 15.0 Å². The summed E-state index contributed by atoms with van der Waals surface area (Å²) in [5.74, 6) is 0.216. The van der Waals surface area contributed by atoms with E-state index in [0.29, 0.717) is 17.8 Å². The monoisotopic (exact) mass is 460 g/mol. The molecule has 1 amide bonds. The van der Waals surface area contributed by atoms with Gasteiger partial charge in [0.05, 0.1) is 11.6 Å². The number of ether oxygens (including phenoxy) is 1. The van der Waals surface area contributed by atoms with Gasteiger partial charge in [0.25, 0.3) is 5.91 Å². The number of carbonyl (C=O) groups is 1. The standard InChI is InChI=1S/C22H19F3N4O2S/c1-12-6-15(20-26-4-5-32-20)19(28-9-12)21(30)29-11-13-7-16(29)17(8-13)31-18-3-2-14(10-27-18)22(23,24)25/h2-6,9-10,13,16-17H,7-8,11H2,1H3. The Hall–Kier alpha value is -3.01. The van der Waals surface area contributed by atoms with Crippen LogP contribution in [-0.4, -0.2) is 44.4 Å². The molecular formula is C22H19F3N4O2S. The van der Waals surface area contributed by atoms with Crippen molar-refractivity contribution in [1.82, 2.24) is 19.9 Å². The summed E-state index contributed by atoms with van der Waals surface area (Å²) in [4.78, 5) is 27.8. The van der Waals surface area contributed by atoms with E-state index >= 15 is 0 Å². The van der Waals surface area contributed by atoms with Crippen molar-refractivity contribution in [2.45, 2.75) is 38.1 Å². The molecule has 4 heterocycles. The quantitative estimate of drug-likeness (QED) is 0.569. The van der Waals surface area contributed by atoms with Crippen LogP contribution >= 0.6 is 11.3 Å². The summed E-state index contributed by atoms with van der Waals surface area (Å²) in [5, 5.41) is 2.58. The molecule has 1 saturated heterocycles. The number of amides is 1. The van der Waals surface area contributed by atoms with E-state index in [0.717, 1.165) is 35.7 Å². The van der Waals surface area contributed by atoms with Crippen molar-refractivity contribution in [3.05, 3.63) is 59.0 Å². The fourth-order valence-electron chi connectivity index (χ4n) is 4.49. The van der Waals surface area contributed by atoms with Gasteiger partial charge in [-0.3, -0.25) is 9.78 Å². The van der Waals surface area contributed by atoms with E-state index < -0.39 is 11.7 Å². The van der Waals surface area contributed by atoms with E-state index in [4.69, 9.17) is 4.74 Å². The third-order valence-electron chi connectivity index (χ3n) is 5.91. The Kier molecular flexibility index (Phi) is 5.11. The first-order chi connectivity index (χ1) is 15.3.